The van der Waals surface area contributed by atoms with Gasteiger partial charge in [0.05, 0.1) is 5.56 Å². The first kappa shape index (κ1) is 27.0. The van der Waals surface area contributed by atoms with Crippen molar-refractivity contribution in [1.82, 2.24) is 14.5 Å². The van der Waals surface area contributed by atoms with Gasteiger partial charge in [-0.3, -0.25) is 14.4 Å². The molecule has 1 atom stereocenters. The highest BCUT2D eigenvalue weighted by Gasteiger charge is 2.43. The Morgan fingerprint density at radius 1 is 0.974 bits per heavy atom. The summed E-state index contributed by atoms with van der Waals surface area (Å²) in [7, 11) is -4.26. The predicted octanol–water partition coefficient (Wildman–Crippen LogP) is 3.14. The number of rotatable bonds is 10. The molecule has 3 amide bonds. The summed E-state index contributed by atoms with van der Waals surface area (Å²) in [6.45, 7) is 1.13. The van der Waals surface area contributed by atoms with E-state index in [1.165, 1.54) is 42.5 Å². The van der Waals surface area contributed by atoms with Gasteiger partial charge in [-0.2, -0.15) is 0 Å². The van der Waals surface area contributed by atoms with Crippen LogP contribution in [0.4, 0.5) is 4.39 Å². The van der Waals surface area contributed by atoms with E-state index in [1.807, 2.05) is 13.0 Å². The van der Waals surface area contributed by atoms with Gasteiger partial charge in [0.15, 0.2) is 0 Å². The third kappa shape index (κ3) is 5.60. The highest BCUT2D eigenvalue weighted by molar-refractivity contribution is 7.90. The Labute approximate surface area is 221 Å². The van der Waals surface area contributed by atoms with Crippen molar-refractivity contribution in [1.29, 1.82) is 0 Å². The number of benzene rings is 3. The van der Waals surface area contributed by atoms with Crippen molar-refractivity contribution in [2.24, 2.45) is 0 Å². The molecule has 10 heteroatoms. The van der Waals surface area contributed by atoms with Crippen LogP contribution in [-0.4, -0.2) is 54.5 Å². The monoisotopic (exact) mass is 537 g/mol. The maximum atomic E-state index is 14.7. The summed E-state index contributed by atoms with van der Waals surface area (Å²) in [5.41, 5.74) is 0.885. The Bertz CT molecular complexity index is 1450. The number of hydrogen-bond acceptors (Lipinski definition) is 5. The highest BCUT2D eigenvalue weighted by Crippen LogP contribution is 2.30. The lowest BCUT2D eigenvalue weighted by molar-refractivity contribution is -0.141. The van der Waals surface area contributed by atoms with Crippen LogP contribution in [0.5, 0.6) is 0 Å². The van der Waals surface area contributed by atoms with E-state index in [1.54, 1.807) is 30.3 Å². The molecule has 8 nitrogen and oxygen atoms in total. The first-order valence-electron chi connectivity index (χ1n) is 12.2. The number of nitrogens with zero attached hydrogens (tertiary/aromatic N) is 2. The van der Waals surface area contributed by atoms with Gasteiger partial charge in [-0.15, -0.1) is 0 Å². The van der Waals surface area contributed by atoms with Crippen LogP contribution < -0.4 is 5.32 Å². The molecule has 0 saturated carbocycles. The number of carbonyl (C=O) groups excluding carboxylic acids is 3. The Kier molecular flexibility index (Phi) is 8.21. The third-order valence-electron chi connectivity index (χ3n) is 6.31. The maximum Gasteiger partial charge on any atom is 0.269 e. The average molecular weight is 538 g/mol. The Morgan fingerprint density at radius 3 is 2.32 bits per heavy atom. The van der Waals surface area contributed by atoms with Crippen LogP contribution in [0.2, 0.25) is 0 Å². The molecule has 38 heavy (non-hydrogen) atoms. The molecule has 0 saturated heterocycles. The summed E-state index contributed by atoms with van der Waals surface area (Å²) < 4.78 is 41.4. The minimum Gasteiger partial charge on any atom is -0.354 e. The number of sulfonamides is 1. The van der Waals surface area contributed by atoms with Crippen molar-refractivity contribution >= 4 is 27.7 Å². The van der Waals surface area contributed by atoms with Crippen molar-refractivity contribution in [3.8, 4) is 0 Å². The lowest BCUT2D eigenvalue weighted by atomic mass is 10.0. The fraction of sp³-hybridized carbons (Fsp3) is 0.250. The van der Waals surface area contributed by atoms with E-state index in [4.69, 9.17) is 0 Å². The quantitative estimate of drug-likeness (QED) is 0.428. The van der Waals surface area contributed by atoms with Crippen molar-refractivity contribution in [3.63, 3.8) is 0 Å². The molecule has 198 valence electrons. The number of halogens is 1. The Morgan fingerprint density at radius 2 is 1.63 bits per heavy atom. The molecule has 0 spiro atoms. The smallest absolute Gasteiger partial charge is 0.269 e. The largest absolute Gasteiger partial charge is 0.354 e. The van der Waals surface area contributed by atoms with Gasteiger partial charge < -0.3 is 10.2 Å². The second-order valence-corrected chi connectivity index (χ2v) is 10.8. The van der Waals surface area contributed by atoms with Crippen LogP contribution in [0.15, 0.2) is 83.8 Å². The maximum absolute atomic E-state index is 14.7. The number of fused-ring (bicyclic) bond motifs is 1. The third-order valence-corrected chi connectivity index (χ3v) is 8.10. The van der Waals surface area contributed by atoms with Crippen LogP contribution >= 0.6 is 0 Å². The van der Waals surface area contributed by atoms with Crippen molar-refractivity contribution in [2.75, 3.05) is 13.1 Å². The van der Waals surface area contributed by atoms with Gasteiger partial charge in [0, 0.05) is 25.1 Å². The van der Waals surface area contributed by atoms with E-state index in [0.29, 0.717) is 17.3 Å². The van der Waals surface area contributed by atoms with Gasteiger partial charge in [-0.1, -0.05) is 67.6 Å². The van der Waals surface area contributed by atoms with Gasteiger partial charge in [-0.05, 0) is 30.2 Å². The molecule has 3 aromatic rings. The molecule has 0 bridgehead atoms. The van der Waals surface area contributed by atoms with Crippen molar-refractivity contribution in [3.05, 3.63) is 101 Å². The number of amides is 3. The van der Waals surface area contributed by atoms with Gasteiger partial charge >= 0.3 is 0 Å². The van der Waals surface area contributed by atoms with Crippen LogP contribution in [-0.2, 0) is 32.6 Å². The van der Waals surface area contributed by atoms with Gasteiger partial charge in [0.25, 0.3) is 15.9 Å². The molecule has 1 heterocycles. The fourth-order valence-electron chi connectivity index (χ4n) is 4.33. The van der Waals surface area contributed by atoms with E-state index in [9.17, 15) is 27.2 Å². The molecule has 1 aliphatic rings. The minimum absolute atomic E-state index is 0.0255. The zero-order valence-electron chi connectivity index (χ0n) is 20.8. The van der Waals surface area contributed by atoms with E-state index in [2.05, 4.69) is 5.32 Å². The molecular weight excluding hydrogens is 509 g/mol. The van der Waals surface area contributed by atoms with Crippen LogP contribution in [0, 0.1) is 5.82 Å². The first-order chi connectivity index (χ1) is 18.2. The molecule has 0 aliphatic carbocycles. The van der Waals surface area contributed by atoms with Crippen LogP contribution in [0.1, 0.15) is 34.8 Å². The van der Waals surface area contributed by atoms with E-state index in [-0.39, 0.29) is 29.0 Å². The summed E-state index contributed by atoms with van der Waals surface area (Å²) in [4.78, 5) is 41.0. The molecule has 0 aromatic heterocycles. The number of nitrogens with one attached hydrogen (secondary N) is 1. The number of carbonyl (C=O) groups is 3. The van der Waals surface area contributed by atoms with Gasteiger partial charge in [0.1, 0.15) is 23.3 Å². The van der Waals surface area contributed by atoms with Gasteiger partial charge in [0.2, 0.25) is 11.8 Å². The average Bonchev–Trinajstić information content (AvgIpc) is 3.11. The van der Waals surface area contributed by atoms with Crippen molar-refractivity contribution < 1.29 is 27.2 Å². The number of hydrogen-bond donors (Lipinski definition) is 1. The lowest BCUT2D eigenvalue weighted by Gasteiger charge is -2.32. The second-order valence-electron chi connectivity index (χ2n) is 8.92. The molecule has 0 unspecified atom stereocenters. The molecular formula is C28H28FN3O5S. The van der Waals surface area contributed by atoms with Crippen LogP contribution in [0.25, 0.3) is 0 Å². The Hall–Kier alpha value is -4.05. The van der Waals surface area contributed by atoms with Crippen LogP contribution in [0.3, 0.4) is 0 Å². The minimum atomic E-state index is -4.26. The highest BCUT2D eigenvalue weighted by atomic mass is 32.2. The second kappa shape index (κ2) is 11.6. The van der Waals surface area contributed by atoms with E-state index in [0.717, 1.165) is 10.5 Å². The zero-order chi connectivity index (χ0) is 27.3. The summed E-state index contributed by atoms with van der Waals surface area (Å²) in [5, 5.41) is 2.80. The molecule has 1 aliphatic heterocycles. The normalized spacial score (nSPS) is 14.6. The first-order valence-corrected chi connectivity index (χ1v) is 13.7. The summed E-state index contributed by atoms with van der Waals surface area (Å²) in [5.74, 6) is -2.66. The van der Waals surface area contributed by atoms with E-state index < -0.39 is 46.1 Å². The molecule has 1 N–H and O–H groups in total. The van der Waals surface area contributed by atoms with E-state index >= 15 is 0 Å². The lowest BCUT2D eigenvalue weighted by Crippen LogP contribution is -2.53. The fourth-order valence-corrected chi connectivity index (χ4v) is 5.85. The summed E-state index contributed by atoms with van der Waals surface area (Å²) >= 11 is 0. The summed E-state index contributed by atoms with van der Waals surface area (Å²) in [6.07, 6.45) is 0.765. The molecule has 0 fully saturated rings. The predicted molar refractivity (Wildman–Crippen MR) is 139 cm³/mol. The standard InChI is InChI=1S/C28H28FN3O5S/c1-2-16-30-27(34)24(17-20-10-4-3-5-11-20)31(18-21-12-6-8-14-23(21)29)26(33)19-32-28(35)22-13-7-9-15-25(22)38(32,36)37/h3-15,24H,2,16-19H2,1H3,(H,30,34)/t24-/m1/s1. The van der Waals surface area contributed by atoms with Gasteiger partial charge in [-0.25, -0.2) is 17.1 Å². The topological polar surface area (TPSA) is 104 Å². The molecule has 4 rings (SSSR count). The zero-order valence-corrected chi connectivity index (χ0v) is 21.7. The van der Waals surface area contributed by atoms with Crippen molar-refractivity contribution in [2.45, 2.75) is 37.2 Å². The SMILES string of the molecule is CCCNC(=O)[C@@H](Cc1ccccc1)N(Cc1ccccc1F)C(=O)CN1C(=O)c2ccccc2S1(=O)=O. The molecule has 3 aromatic carbocycles. The summed E-state index contributed by atoms with van der Waals surface area (Å²) in [6, 6.07) is 19.5. The Balaban J connectivity index is 1.71. The molecule has 0 radical (unpaired) electrons.